The van der Waals surface area contributed by atoms with Gasteiger partial charge in [0.2, 0.25) is 15.9 Å². The number of carbonyl (C=O) groups excluding carboxylic acids is 1. The van der Waals surface area contributed by atoms with Gasteiger partial charge >= 0.3 is 0 Å². The number of sulfonamides is 1. The lowest BCUT2D eigenvalue weighted by molar-refractivity contribution is -0.117. The van der Waals surface area contributed by atoms with Gasteiger partial charge in [-0.25, -0.2) is 8.42 Å². The molecule has 2 N–H and O–H groups in total. The number of hydrogen-bond donors (Lipinski definition) is 2. The maximum absolute atomic E-state index is 12.6. The summed E-state index contributed by atoms with van der Waals surface area (Å²) in [6.07, 6.45) is 0. The fourth-order valence-corrected chi connectivity index (χ4v) is 3.75. The van der Waals surface area contributed by atoms with Crippen molar-refractivity contribution in [2.24, 2.45) is 0 Å². The molecule has 0 saturated carbocycles. The number of carbonyl (C=O) groups is 1. The van der Waals surface area contributed by atoms with Crippen LogP contribution in [0.25, 0.3) is 0 Å². The standard InChI is InChI=1S/C18H22N2O4S/c1-12-9-10-16(24-4)17(11-12)25(22,23)20-14(3)18(21)19-15-8-6-5-7-13(15)2/h5-11,14,20H,1-4H3,(H,19,21)/t14-/m1/s1. The number of hydrogen-bond acceptors (Lipinski definition) is 4. The lowest BCUT2D eigenvalue weighted by Crippen LogP contribution is -2.41. The molecule has 134 valence electrons. The van der Waals surface area contributed by atoms with Gasteiger partial charge in [-0.3, -0.25) is 4.79 Å². The molecule has 0 aliphatic heterocycles. The third-order valence-electron chi connectivity index (χ3n) is 3.74. The monoisotopic (exact) mass is 362 g/mol. The van der Waals surface area contributed by atoms with E-state index in [1.165, 1.54) is 20.1 Å². The molecule has 2 rings (SSSR count). The average Bonchev–Trinajstić information content (AvgIpc) is 2.56. The highest BCUT2D eigenvalue weighted by Crippen LogP contribution is 2.24. The molecule has 6 nitrogen and oxygen atoms in total. The van der Waals surface area contributed by atoms with Crippen molar-refractivity contribution in [1.82, 2.24) is 4.72 Å². The second-order valence-corrected chi connectivity index (χ2v) is 7.48. The van der Waals surface area contributed by atoms with Crippen LogP contribution in [-0.4, -0.2) is 27.5 Å². The highest BCUT2D eigenvalue weighted by atomic mass is 32.2. The van der Waals surface area contributed by atoms with Crippen LogP contribution in [0.3, 0.4) is 0 Å². The third kappa shape index (κ3) is 4.58. The Hall–Kier alpha value is -2.38. The largest absolute Gasteiger partial charge is 0.495 e. The lowest BCUT2D eigenvalue weighted by atomic mass is 10.2. The Kier molecular flexibility index (Phi) is 5.81. The summed E-state index contributed by atoms with van der Waals surface area (Å²) in [7, 11) is -2.51. The van der Waals surface area contributed by atoms with Crippen molar-refractivity contribution < 1.29 is 17.9 Å². The molecular weight excluding hydrogens is 340 g/mol. The van der Waals surface area contributed by atoms with Crippen LogP contribution >= 0.6 is 0 Å². The Morgan fingerprint density at radius 3 is 2.44 bits per heavy atom. The first-order valence-electron chi connectivity index (χ1n) is 7.78. The smallest absolute Gasteiger partial charge is 0.244 e. The zero-order valence-corrected chi connectivity index (χ0v) is 15.5. The molecule has 0 saturated heterocycles. The Labute approximate surface area is 148 Å². The predicted octanol–water partition coefficient (Wildman–Crippen LogP) is 2.62. The van der Waals surface area contributed by atoms with Crippen molar-refractivity contribution in [2.75, 3.05) is 12.4 Å². The summed E-state index contributed by atoms with van der Waals surface area (Å²) in [6.45, 7) is 5.14. The van der Waals surface area contributed by atoms with E-state index in [1.807, 2.05) is 19.1 Å². The molecule has 25 heavy (non-hydrogen) atoms. The lowest BCUT2D eigenvalue weighted by Gasteiger charge is -2.17. The first-order chi connectivity index (χ1) is 11.7. The van der Waals surface area contributed by atoms with Crippen molar-refractivity contribution in [3.8, 4) is 5.75 Å². The van der Waals surface area contributed by atoms with Crippen molar-refractivity contribution in [3.05, 3.63) is 53.6 Å². The minimum atomic E-state index is -3.91. The highest BCUT2D eigenvalue weighted by Gasteiger charge is 2.25. The second-order valence-electron chi connectivity index (χ2n) is 5.80. The van der Waals surface area contributed by atoms with Crippen molar-refractivity contribution in [3.63, 3.8) is 0 Å². The molecule has 7 heteroatoms. The van der Waals surface area contributed by atoms with Crippen LogP contribution in [0.4, 0.5) is 5.69 Å². The van der Waals surface area contributed by atoms with E-state index in [-0.39, 0.29) is 10.6 Å². The quantitative estimate of drug-likeness (QED) is 0.827. The van der Waals surface area contributed by atoms with Gasteiger partial charge in [0, 0.05) is 5.69 Å². The van der Waals surface area contributed by atoms with E-state index >= 15 is 0 Å². The van der Waals surface area contributed by atoms with Crippen molar-refractivity contribution in [2.45, 2.75) is 31.7 Å². The molecule has 0 aliphatic rings. The summed E-state index contributed by atoms with van der Waals surface area (Å²) in [6, 6.07) is 11.2. The van der Waals surface area contributed by atoms with E-state index in [9.17, 15) is 13.2 Å². The Morgan fingerprint density at radius 2 is 1.80 bits per heavy atom. The number of aryl methyl sites for hydroxylation is 2. The zero-order chi connectivity index (χ0) is 18.6. The molecule has 1 atom stereocenters. The number of amides is 1. The van der Waals surface area contributed by atoms with Gasteiger partial charge in [-0.05, 0) is 50.1 Å². The maximum Gasteiger partial charge on any atom is 0.244 e. The van der Waals surface area contributed by atoms with Crippen LogP contribution in [0, 0.1) is 13.8 Å². The van der Waals surface area contributed by atoms with Crippen LogP contribution < -0.4 is 14.8 Å². The fraction of sp³-hybridized carbons (Fsp3) is 0.278. The Bertz CT molecular complexity index is 878. The predicted molar refractivity (Wildman–Crippen MR) is 97.3 cm³/mol. The molecule has 2 aromatic rings. The fourth-order valence-electron chi connectivity index (χ4n) is 2.30. The van der Waals surface area contributed by atoms with Gasteiger partial charge < -0.3 is 10.1 Å². The van der Waals surface area contributed by atoms with E-state index in [2.05, 4.69) is 10.0 Å². The topological polar surface area (TPSA) is 84.5 Å². The molecule has 0 unspecified atom stereocenters. The number of rotatable bonds is 6. The average molecular weight is 362 g/mol. The maximum atomic E-state index is 12.6. The molecule has 1 amide bonds. The van der Waals surface area contributed by atoms with Gasteiger partial charge in [0.25, 0.3) is 0 Å². The van der Waals surface area contributed by atoms with E-state index in [0.717, 1.165) is 11.1 Å². The molecule has 0 aliphatic carbocycles. The van der Waals surface area contributed by atoms with Gasteiger partial charge in [0.15, 0.2) is 0 Å². The molecule has 0 bridgehead atoms. The zero-order valence-electron chi connectivity index (χ0n) is 14.7. The summed E-state index contributed by atoms with van der Waals surface area (Å²) in [5.74, 6) is -0.214. The van der Waals surface area contributed by atoms with E-state index in [1.54, 1.807) is 31.2 Å². The minimum Gasteiger partial charge on any atom is -0.495 e. The highest BCUT2D eigenvalue weighted by molar-refractivity contribution is 7.89. The molecule has 0 fully saturated rings. The number of anilines is 1. The second kappa shape index (κ2) is 7.67. The van der Waals surface area contributed by atoms with Gasteiger partial charge in [-0.2, -0.15) is 4.72 Å². The molecule has 0 heterocycles. The first kappa shape index (κ1) is 19.0. The number of methoxy groups -OCH3 is 1. The molecule has 2 aromatic carbocycles. The normalized spacial score (nSPS) is 12.5. The molecule has 0 aromatic heterocycles. The van der Waals surface area contributed by atoms with E-state index in [0.29, 0.717) is 5.69 Å². The number of ether oxygens (including phenoxy) is 1. The van der Waals surface area contributed by atoms with Crippen LogP contribution in [0.2, 0.25) is 0 Å². The summed E-state index contributed by atoms with van der Waals surface area (Å²) in [5, 5.41) is 2.73. The molecular formula is C18H22N2O4S. The van der Waals surface area contributed by atoms with Gasteiger partial charge in [-0.1, -0.05) is 24.3 Å². The number of nitrogens with one attached hydrogen (secondary N) is 2. The summed E-state index contributed by atoms with van der Waals surface area (Å²) in [5.41, 5.74) is 2.32. The Balaban J connectivity index is 2.19. The minimum absolute atomic E-state index is 0.00513. The molecule has 0 radical (unpaired) electrons. The van der Waals surface area contributed by atoms with Gasteiger partial charge in [0.05, 0.1) is 13.2 Å². The van der Waals surface area contributed by atoms with Gasteiger partial charge in [0.1, 0.15) is 10.6 Å². The van der Waals surface area contributed by atoms with E-state index in [4.69, 9.17) is 4.74 Å². The third-order valence-corrected chi connectivity index (χ3v) is 5.30. The van der Waals surface area contributed by atoms with Crippen molar-refractivity contribution >= 4 is 21.6 Å². The van der Waals surface area contributed by atoms with E-state index < -0.39 is 22.0 Å². The number of benzene rings is 2. The Morgan fingerprint density at radius 1 is 1.12 bits per heavy atom. The number of para-hydroxylation sites is 1. The summed E-state index contributed by atoms with van der Waals surface area (Å²) < 4.78 is 32.8. The van der Waals surface area contributed by atoms with Gasteiger partial charge in [-0.15, -0.1) is 0 Å². The first-order valence-corrected chi connectivity index (χ1v) is 9.26. The van der Waals surface area contributed by atoms with Crippen molar-refractivity contribution in [1.29, 1.82) is 0 Å². The summed E-state index contributed by atoms with van der Waals surface area (Å²) >= 11 is 0. The SMILES string of the molecule is COc1ccc(C)cc1S(=O)(=O)N[C@H](C)C(=O)Nc1ccccc1C. The van der Waals surface area contributed by atoms with Crippen LogP contribution in [0.15, 0.2) is 47.4 Å². The van der Waals surface area contributed by atoms with Crippen LogP contribution in [0.1, 0.15) is 18.1 Å². The summed E-state index contributed by atoms with van der Waals surface area (Å²) in [4.78, 5) is 12.3. The van der Waals surface area contributed by atoms with Crippen LogP contribution in [0.5, 0.6) is 5.75 Å². The van der Waals surface area contributed by atoms with Crippen LogP contribution in [-0.2, 0) is 14.8 Å². The molecule has 0 spiro atoms.